The molecule has 1 amide bonds. The summed E-state index contributed by atoms with van der Waals surface area (Å²) in [5, 5.41) is 2.10. The average Bonchev–Trinajstić information content (AvgIpc) is 3.29. The van der Waals surface area contributed by atoms with Crippen LogP contribution in [0.2, 0.25) is 0 Å². The second-order valence-corrected chi connectivity index (χ2v) is 8.19. The number of esters is 1. The molecule has 12 heteroatoms. The predicted molar refractivity (Wildman–Crippen MR) is 127 cm³/mol. The zero-order valence-corrected chi connectivity index (χ0v) is 19.6. The molecular formula is C22H25N5O6S. The van der Waals surface area contributed by atoms with Crippen molar-refractivity contribution in [1.82, 2.24) is 14.5 Å². The van der Waals surface area contributed by atoms with Crippen molar-refractivity contribution in [3.05, 3.63) is 72.8 Å². The number of rotatable bonds is 10. The Kier molecular flexibility index (Phi) is 8.33. The lowest BCUT2D eigenvalue weighted by Crippen LogP contribution is -2.43. The van der Waals surface area contributed by atoms with E-state index < -0.39 is 29.7 Å². The Bertz CT molecular complexity index is 1270. The van der Waals surface area contributed by atoms with E-state index in [2.05, 4.69) is 9.97 Å². The van der Waals surface area contributed by atoms with Gasteiger partial charge in [-0.05, 0) is 12.0 Å². The number of aromatic nitrogens is 3. The molecule has 0 saturated heterocycles. The molecule has 0 unspecified atom stereocenters. The summed E-state index contributed by atoms with van der Waals surface area (Å²) in [6.07, 6.45) is 0.489. The first kappa shape index (κ1) is 24.9. The van der Waals surface area contributed by atoms with Crippen molar-refractivity contribution in [2.75, 3.05) is 30.9 Å². The van der Waals surface area contributed by atoms with E-state index in [1.165, 1.54) is 28.4 Å². The molecule has 34 heavy (non-hydrogen) atoms. The lowest BCUT2D eigenvalue weighted by molar-refractivity contribution is -0.121. The normalized spacial score (nSPS) is 10.8. The van der Waals surface area contributed by atoms with E-state index in [1.807, 2.05) is 37.3 Å². The number of anilines is 2. The molecule has 2 heterocycles. The number of nitrogens with two attached hydrogens (primary N) is 1. The van der Waals surface area contributed by atoms with E-state index in [9.17, 15) is 19.2 Å². The van der Waals surface area contributed by atoms with Crippen molar-refractivity contribution in [3.63, 3.8) is 0 Å². The molecule has 11 nitrogen and oxygen atoms in total. The summed E-state index contributed by atoms with van der Waals surface area (Å²) in [5.41, 5.74) is 5.37. The highest BCUT2D eigenvalue weighted by atomic mass is 32.1. The molecule has 3 aromatic rings. The number of nitrogen functional groups attached to an aromatic ring is 1. The molecular weight excluding hydrogens is 462 g/mol. The van der Waals surface area contributed by atoms with Gasteiger partial charge in [0.15, 0.2) is 18.0 Å². The van der Waals surface area contributed by atoms with Crippen LogP contribution in [-0.2, 0) is 27.4 Å². The third kappa shape index (κ3) is 5.77. The molecule has 0 aliphatic carbocycles. The van der Waals surface area contributed by atoms with Gasteiger partial charge in [-0.3, -0.25) is 19.1 Å². The van der Waals surface area contributed by atoms with Crippen LogP contribution in [-0.4, -0.2) is 46.7 Å². The van der Waals surface area contributed by atoms with Crippen LogP contribution in [0.25, 0.3) is 0 Å². The lowest BCUT2D eigenvalue weighted by Gasteiger charge is -2.24. The van der Waals surface area contributed by atoms with Crippen molar-refractivity contribution < 1.29 is 19.1 Å². The Morgan fingerprint density at radius 2 is 1.97 bits per heavy atom. The zero-order valence-electron chi connectivity index (χ0n) is 18.8. The van der Waals surface area contributed by atoms with Crippen LogP contribution in [0.3, 0.4) is 0 Å². The van der Waals surface area contributed by atoms with E-state index in [4.69, 9.17) is 15.2 Å². The zero-order chi connectivity index (χ0) is 24.7. The number of amides is 1. The van der Waals surface area contributed by atoms with Crippen molar-refractivity contribution in [2.24, 2.45) is 0 Å². The van der Waals surface area contributed by atoms with Gasteiger partial charge in [0.05, 0.1) is 13.2 Å². The molecule has 0 aliphatic heterocycles. The van der Waals surface area contributed by atoms with Gasteiger partial charge in [0.25, 0.3) is 11.5 Å². The number of H-pyrrole nitrogens is 1. The Morgan fingerprint density at radius 1 is 1.24 bits per heavy atom. The van der Waals surface area contributed by atoms with Crippen LogP contribution in [0, 0.1) is 0 Å². The molecule has 0 aliphatic rings. The first-order valence-electron chi connectivity index (χ1n) is 10.4. The minimum Gasteiger partial charge on any atom is -0.451 e. The molecule has 2 aromatic heterocycles. The Morgan fingerprint density at radius 3 is 2.65 bits per heavy atom. The highest BCUT2D eigenvalue weighted by Crippen LogP contribution is 2.19. The number of ether oxygens (including phenoxy) is 2. The van der Waals surface area contributed by atoms with Gasteiger partial charge in [-0.2, -0.15) is 0 Å². The first-order valence-corrected chi connectivity index (χ1v) is 11.3. The molecule has 0 atom stereocenters. The third-order valence-corrected chi connectivity index (χ3v) is 5.59. The Labute approximate surface area is 198 Å². The van der Waals surface area contributed by atoms with E-state index in [0.717, 1.165) is 10.5 Å². The smallest absolute Gasteiger partial charge is 0.358 e. The SMILES string of the molecule is CCCN(C(=O)COC(=O)c1csc(COC)n1)c1c(N)n(Cc2ccccc2)c(=O)[nH]c1=O. The van der Waals surface area contributed by atoms with Gasteiger partial charge >= 0.3 is 11.7 Å². The summed E-state index contributed by atoms with van der Waals surface area (Å²) in [5.74, 6) is -1.60. The number of methoxy groups -OCH3 is 1. The minimum absolute atomic E-state index is 0.0562. The highest BCUT2D eigenvalue weighted by molar-refractivity contribution is 7.09. The topological polar surface area (TPSA) is 150 Å². The Hall–Kier alpha value is -3.77. The lowest BCUT2D eigenvalue weighted by atomic mass is 10.2. The van der Waals surface area contributed by atoms with E-state index in [0.29, 0.717) is 11.4 Å². The second kappa shape index (κ2) is 11.4. The number of aromatic amines is 1. The van der Waals surface area contributed by atoms with E-state index in [1.54, 1.807) is 0 Å². The Balaban J connectivity index is 1.83. The van der Waals surface area contributed by atoms with Crippen LogP contribution in [0.1, 0.15) is 34.4 Å². The molecule has 0 bridgehead atoms. The van der Waals surface area contributed by atoms with Gasteiger partial charge in [-0.1, -0.05) is 37.3 Å². The number of thiazole rings is 1. The summed E-state index contributed by atoms with van der Waals surface area (Å²) in [6, 6.07) is 9.07. The number of nitrogens with zero attached hydrogens (tertiary/aromatic N) is 3. The molecule has 180 valence electrons. The molecule has 0 saturated carbocycles. The standard InChI is InChI=1S/C22H25N5O6S/c1-3-9-26(17(28)12-33-21(30)15-13-34-16(24-15)11-32-2)18-19(23)27(22(31)25-20(18)29)10-14-7-5-4-6-8-14/h4-8,13H,3,9-12,23H2,1-2H3,(H,25,29,31). The van der Waals surface area contributed by atoms with Gasteiger partial charge in [0.1, 0.15) is 10.8 Å². The van der Waals surface area contributed by atoms with Gasteiger partial charge in [-0.15, -0.1) is 11.3 Å². The van der Waals surface area contributed by atoms with Gasteiger partial charge < -0.3 is 20.1 Å². The maximum atomic E-state index is 13.0. The number of benzene rings is 1. The summed E-state index contributed by atoms with van der Waals surface area (Å²) >= 11 is 1.23. The first-order chi connectivity index (χ1) is 16.3. The second-order valence-electron chi connectivity index (χ2n) is 7.25. The summed E-state index contributed by atoms with van der Waals surface area (Å²) < 4.78 is 11.3. The molecule has 0 spiro atoms. The fourth-order valence-corrected chi connectivity index (χ4v) is 3.95. The minimum atomic E-state index is -0.802. The van der Waals surface area contributed by atoms with Crippen molar-refractivity contribution >= 4 is 34.7 Å². The van der Waals surface area contributed by atoms with Crippen molar-refractivity contribution in [2.45, 2.75) is 26.5 Å². The molecule has 3 N–H and O–H groups in total. The monoisotopic (exact) mass is 487 g/mol. The fourth-order valence-electron chi connectivity index (χ4n) is 3.22. The van der Waals surface area contributed by atoms with Crippen LogP contribution in [0.5, 0.6) is 0 Å². The highest BCUT2D eigenvalue weighted by Gasteiger charge is 2.25. The number of hydrogen-bond donors (Lipinski definition) is 2. The third-order valence-electron chi connectivity index (χ3n) is 4.77. The molecule has 0 fully saturated rings. The average molecular weight is 488 g/mol. The summed E-state index contributed by atoms with van der Waals surface area (Å²) in [6.45, 7) is 1.66. The van der Waals surface area contributed by atoms with Crippen molar-refractivity contribution in [1.29, 1.82) is 0 Å². The molecule has 3 rings (SSSR count). The van der Waals surface area contributed by atoms with Crippen LogP contribution in [0.15, 0.2) is 45.3 Å². The number of nitrogens with one attached hydrogen (secondary N) is 1. The van der Waals surface area contributed by atoms with Crippen molar-refractivity contribution in [3.8, 4) is 0 Å². The van der Waals surface area contributed by atoms with Crippen LogP contribution < -0.4 is 21.9 Å². The maximum absolute atomic E-state index is 13.0. The predicted octanol–water partition coefficient (Wildman–Crippen LogP) is 1.37. The summed E-state index contributed by atoms with van der Waals surface area (Å²) in [4.78, 5) is 57.7. The number of hydrogen-bond acceptors (Lipinski definition) is 9. The molecule has 1 aromatic carbocycles. The molecule has 0 radical (unpaired) electrons. The number of carbonyl (C=O) groups is 2. The quantitative estimate of drug-likeness (QED) is 0.407. The van der Waals surface area contributed by atoms with Gasteiger partial charge in [0, 0.05) is 19.0 Å². The van der Waals surface area contributed by atoms with Crippen LogP contribution in [0.4, 0.5) is 11.5 Å². The maximum Gasteiger partial charge on any atom is 0.358 e. The van der Waals surface area contributed by atoms with Crippen LogP contribution >= 0.6 is 11.3 Å². The summed E-state index contributed by atoms with van der Waals surface area (Å²) in [7, 11) is 1.51. The van der Waals surface area contributed by atoms with E-state index >= 15 is 0 Å². The van der Waals surface area contributed by atoms with Gasteiger partial charge in [-0.25, -0.2) is 14.6 Å². The van der Waals surface area contributed by atoms with E-state index in [-0.39, 0.29) is 36.9 Å². The van der Waals surface area contributed by atoms with Gasteiger partial charge in [0.2, 0.25) is 0 Å². The fraction of sp³-hybridized carbons (Fsp3) is 0.318. The largest absolute Gasteiger partial charge is 0.451 e. The number of carbonyl (C=O) groups excluding carboxylic acids is 2.